The summed E-state index contributed by atoms with van der Waals surface area (Å²) in [5, 5.41) is -0.166. The van der Waals surface area contributed by atoms with E-state index in [0.717, 1.165) is 0 Å². The van der Waals surface area contributed by atoms with Gasteiger partial charge in [0.1, 0.15) is 0 Å². The number of nitrogens with two attached hydrogens (primary N) is 1. The van der Waals surface area contributed by atoms with Crippen LogP contribution >= 0.6 is 34.2 Å². The van der Waals surface area contributed by atoms with Crippen molar-refractivity contribution >= 4 is 39.9 Å². The van der Waals surface area contributed by atoms with Crippen LogP contribution in [0.5, 0.6) is 0 Å². The SMILES string of the molecule is Cc1nc(Cl)c(F)c(N)c1I. The molecule has 0 aliphatic rings. The summed E-state index contributed by atoms with van der Waals surface area (Å²) in [6, 6.07) is 0. The number of hydrogen-bond acceptors (Lipinski definition) is 2. The Morgan fingerprint density at radius 1 is 1.64 bits per heavy atom. The fourth-order valence-electron chi connectivity index (χ4n) is 0.648. The molecule has 60 valence electrons. The molecule has 0 aliphatic carbocycles. The Balaban J connectivity index is 3.46. The second-order valence-corrected chi connectivity index (χ2v) is 3.47. The fourth-order valence-corrected chi connectivity index (χ4v) is 1.23. The molecule has 2 N–H and O–H groups in total. The van der Waals surface area contributed by atoms with Crippen LogP contribution < -0.4 is 5.73 Å². The minimum absolute atomic E-state index is 0.0723. The standard InChI is InChI=1S/C6H5ClFIN2/c1-2-4(9)5(10)3(8)6(7)11-2/h1H3,(H2,10,11). The molecule has 0 bridgehead atoms. The summed E-state index contributed by atoms with van der Waals surface area (Å²) in [5.74, 6) is -0.637. The van der Waals surface area contributed by atoms with Crippen molar-refractivity contribution in [3.63, 3.8) is 0 Å². The average molecular weight is 286 g/mol. The first-order valence-corrected chi connectivity index (χ1v) is 4.26. The zero-order valence-electron chi connectivity index (χ0n) is 5.66. The molecular formula is C6H5ClFIN2. The highest BCUT2D eigenvalue weighted by Gasteiger charge is 2.11. The predicted octanol–water partition coefficient (Wildman–Crippen LogP) is 2.37. The molecule has 0 aliphatic heterocycles. The van der Waals surface area contributed by atoms with Crippen LogP contribution in [-0.4, -0.2) is 4.98 Å². The molecule has 0 fully saturated rings. The smallest absolute Gasteiger partial charge is 0.184 e. The maximum Gasteiger partial charge on any atom is 0.184 e. The molecule has 1 aromatic heterocycles. The molecule has 2 nitrogen and oxygen atoms in total. The van der Waals surface area contributed by atoms with Gasteiger partial charge in [-0.1, -0.05) is 11.6 Å². The normalized spacial score (nSPS) is 10.2. The summed E-state index contributed by atoms with van der Waals surface area (Å²) in [7, 11) is 0. The third kappa shape index (κ3) is 1.56. The third-order valence-electron chi connectivity index (χ3n) is 1.24. The van der Waals surface area contributed by atoms with Crippen LogP contribution in [0.3, 0.4) is 0 Å². The van der Waals surface area contributed by atoms with Crippen molar-refractivity contribution in [3.8, 4) is 0 Å². The third-order valence-corrected chi connectivity index (χ3v) is 2.85. The van der Waals surface area contributed by atoms with E-state index in [9.17, 15) is 4.39 Å². The zero-order chi connectivity index (χ0) is 8.59. The molecule has 0 aromatic carbocycles. The zero-order valence-corrected chi connectivity index (χ0v) is 8.57. The summed E-state index contributed by atoms with van der Waals surface area (Å²) in [6.07, 6.45) is 0. The van der Waals surface area contributed by atoms with Gasteiger partial charge >= 0.3 is 0 Å². The van der Waals surface area contributed by atoms with Crippen molar-refractivity contribution in [2.45, 2.75) is 6.92 Å². The Bertz CT molecular complexity index is 277. The van der Waals surface area contributed by atoms with E-state index in [2.05, 4.69) is 4.98 Å². The van der Waals surface area contributed by atoms with E-state index in [-0.39, 0.29) is 10.8 Å². The summed E-state index contributed by atoms with van der Waals surface area (Å²) in [5.41, 5.74) is 6.10. The lowest BCUT2D eigenvalue weighted by molar-refractivity contribution is 0.624. The van der Waals surface area contributed by atoms with Gasteiger partial charge in [-0.05, 0) is 29.5 Å². The number of pyridine rings is 1. The van der Waals surface area contributed by atoms with Gasteiger partial charge in [-0.15, -0.1) is 0 Å². The number of nitrogens with zero attached hydrogens (tertiary/aromatic N) is 1. The molecule has 0 radical (unpaired) electrons. The van der Waals surface area contributed by atoms with E-state index in [0.29, 0.717) is 9.26 Å². The summed E-state index contributed by atoms with van der Waals surface area (Å²) in [4.78, 5) is 3.74. The van der Waals surface area contributed by atoms with Gasteiger partial charge in [-0.25, -0.2) is 9.37 Å². The van der Waals surface area contributed by atoms with E-state index < -0.39 is 5.82 Å². The number of rotatable bonds is 0. The van der Waals surface area contributed by atoms with Crippen molar-refractivity contribution in [2.75, 3.05) is 5.73 Å². The van der Waals surface area contributed by atoms with Gasteiger partial charge in [-0.2, -0.15) is 0 Å². The molecule has 0 amide bonds. The number of aryl methyl sites for hydroxylation is 1. The van der Waals surface area contributed by atoms with E-state index in [1.165, 1.54) is 0 Å². The monoisotopic (exact) mass is 286 g/mol. The largest absolute Gasteiger partial charge is 0.395 e. The highest BCUT2D eigenvalue weighted by Crippen LogP contribution is 2.25. The lowest BCUT2D eigenvalue weighted by atomic mass is 10.3. The number of aromatic nitrogens is 1. The molecular weight excluding hydrogens is 281 g/mol. The molecule has 1 aromatic rings. The van der Waals surface area contributed by atoms with Crippen molar-refractivity contribution in [3.05, 3.63) is 20.2 Å². The van der Waals surface area contributed by atoms with Gasteiger partial charge in [0, 0.05) is 0 Å². The Hall–Kier alpha value is -0.100. The first kappa shape index (κ1) is 8.99. The molecule has 0 atom stereocenters. The first-order chi connectivity index (χ1) is 5.04. The Morgan fingerprint density at radius 2 is 2.18 bits per heavy atom. The lowest BCUT2D eigenvalue weighted by Gasteiger charge is -2.03. The molecule has 1 rings (SSSR count). The minimum atomic E-state index is -0.637. The van der Waals surface area contributed by atoms with Gasteiger partial charge in [0.2, 0.25) is 0 Å². The Kier molecular flexibility index (Phi) is 2.54. The minimum Gasteiger partial charge on any atom is -0.395 e. The van der Waals surface area contributed by atoms with Crippen molar-refractivity contribution in [1.29, 1.82) is 0 Å². The second kappa shape index (κ2) is 3.10. The fraction of sp³-hybridized carbons (Fsp3) is 0.167. The van der Waals surface area contributed by atoms with E-state index in [4.69, 9.17) is 17.3 Å². The highest BCUT2D eigenvalue weighted by molar-refractivity contribution is 14.1. The van der Waals surface area contributed by atoms with Crippen molar-refractivity contribution in [2.24, 2.45) is 0 Å². The van der Waals surface area contributed by atoms with Gasteiger partial charge in [-0.3, -0.25) is 0 Å². The van der Waals surface area contributed by atoms with Crippen LogP contribution in [0.4, 0.5) is 10.1 Å². The van der Waals surface area contributed by atoms with Gasteiger partial charge in [0.25, 0.3) is 0 Å². The number of hydrogen-bond donors (Lipinski definition) is 1. The van der Waals surface area contributed by atoms with E-state index in [1.54, 1.807) is 6.92 Å². The molecule has 0 saturated heterocycles. The molecule has 0 saturated carbocycles. The second-order valence-electron chi connectivity index (χ2n) is 2.03. The van der Waals surface area contributed by atoms with Crippen molar-refractivity contribution in [1.82, 2.24) is 4.98 Å². The number of nitrogen functional groups attached to an aromatic ring is 1. The summed E-state index contributed by atoms with van der Waals surface area (Å²) < 4.78 is 13.5. The highest BCUT2D eigenvalue weighted by atomic mass is 127. The lowest BCUT2D eigenvalue weighted by Crippen LogP contribution is -2.00. The maximum atomic E-state index is 12.8. The summed E-state index contributed by atoms with van der Waals surface area (Å²) in [6.45, 7) is 1.73. The van der Waals surface area contributed by atoms with Crippen LogP contribution in [0.25, 0.3) is 0 Å². The van der Waals surface area contributed by atoms with Gasteiger partial charge in [0.05, 0.1) is 15.0 Å². The molecule has 0 unspecified atom stereocenters. The Morgan fingerprint density at radius 3 is 2.73 bits per heavy atom. The Labute approximate surface area is 82.1 Å². The number of halogens is 3. The van der Waals surface area contributed by atoms with Crippen LogP contribution in [0.1, 0.15) is 5.69 Å². The summed E-state index contributed by atoms with van der Waals surface area (Å²) >= 11 is 7.35. The van der Waals surface area contributed by atoms with Crippen LogP contribution in [-0.2, 0) is 0 Å². The average Bonchev–Trinajstić information content (AvgIpc) is 1.97. The van der Waals surface area contributed by atoms with Crippen LogP contribution in [0.15, 0.2) is 0 Å². The molecule has 0 spiro atoms. The van der Waals surface area contributed by atoms with E-state index in [1.807, 2.05) is 22.6 Å². The molecule has 1 heterocycles. The van der Waals surface area contributed by atoms with Crippen LogP contribution in [0.2, 0.25) is 5.15 Å². The van der Waals surface area contributed by atoms with Crippen molar-refractivity contribution < 1.29 is 4.39 Å². The van der Waals surface area contributed by atoms with E-state index >= 15 is 0 Å². The molecule has 11 heavy (non-hydrogen) atoms. The number of anilines is 1. The maximum absolute atomic E-state index is 12.8. The molecule has 5 heteroatoms. The van der Waals surface area contributed by atoms with Gasteiger partial charge in [0.15, 0.2) is 11.0 Å². The predicted molar refractivity (Wildman–Crippen MR) is 51.1 cm³/mol. The van der Waals surface area contributed by atoms with Gasteiger partial charge < -0.3 is 5.73 Å². The quantitative estimate of drug-likeness (QED) is 0.587. The topological polar surface area (TPSA) is 38.9 Å². The first-order valence-electron chi connectivity index (χ1n) is 2.80. The van der Waals surface area contributed by atoms with Crippen LogP contribution in [0, 0.1) is 16.3 Å².